The standard InChI is InChI=1S/C10H18N2O/c1-3-8-13-9-7-12-6-5-11-10(12)4-2/h5-6H,3-4,7-9H2,1-2H3. The van der Waals surface area contributed by atoms with Crippen LogP contribution in [0.3, 0.4) is 0 Å². The highest BCUT2D eigenvalue weighted by Crippen LogP contribution is 1.98. The van der Waals surface area contributed by atoms with Crippen molar-refractivity contribution in [1.82, 2.24) is 9.55 Å². The molecule has 0 saturated heterocycles. The van der Waals surface area contributed by atoms with Crippen molar-refractivity contribution in [2.75, 3.05) is 13.2 Å². The van der Waals surface area contributed by atoms with Crippen LogP contribution in [0.5, 0.6) is 0 Å². The fraction of sp³-hybridized carbons (Fsp3) is 0.700. The van der Waals surface area contributed by atoms with E-state index in [0.29, 0.717) is 0 Å². The van der Waals surface area contributed by atoms with Crippen molar-refractivity contribution in [1.29, 1.82) is 0 Å². The Morgan fingerprint density at radius 3 is 2.92 bits per heavy atom. The van der Waals surface area contributed by atoms with Gasteiger partial charge in [-0.2, -0.15) is 0 Å². The van der Waals surface area contributed by atoms with Gasteiger partial charge in [0.25, 0.3) is 0 Å². The van der Waals surface area contributed by atoms with E-state index in [1.54, 1.807) is 0 Å². The van der Waals surface area contributed by atoms with Gasteiger partial charge in [-0.15, -0.1) is 0 Å². The molecule has 0 amide bonds. The SMILES string of the molecule is CCCOCCn1ccnc1CC. The van der Waals surface area contributed by atoms with Crippen LogP contribution in [0.15, 0.2) is 12.4 Å². The van der Waals surface area contributed by atoms with Crippen LogP contribution >= 0.6 is 0 Å². The highest BCUT2D eigenvalue weighted by molar-refractivity contribution is 4.91. The van der Waals surface area contributed by atoms with Crippen molar-refractivity contribution in [2.45, 2.75) is 33.2 Å². The normalized spacial score (nSPS) is 10.6. The largest absolute Gasteiger partial charge is 0.380 e. The van der Waals surface area contributed by atoms with Crippen LogP contribution in [0.2, 0.25) is 0 Å². The molecule has 1 aromatic heterocycles. The van der Waals surface area contributed by atoms with Crippen molar-refractivity contribution in [3.8, 4) is 0 Å². The molecule has 1 heterocycles. The first-order valence-electron chi connectivity index (χ1n) is 4.96. The summed E-state index contributed by atoms with van der Waals surface area (Å²) in [4.78, 5) is 4.24. The lowest BCUT2D eigenvalue weighted by atomic mass is 10.4. The Morgan fingerprint density at radius 1 is 1.38 bits per heavy atom. The van der Waals surface area contributed by atoms with Gasteiger partial charge in [0.2, 0.25) is 0 Å². The fourth-order valence-electron chi connectivity index (χ4n) is 1.27. The first kappa shape index (κ1) is 10.3. The highest BCUT2D eigenvalue weighted by atomic mass is 16.5. The van der Waals surface area contributed by atoms with Crippen molar-refractivity contribution in [3.05, 3.63) is 18.2 Å². The predicted octanol–water partition coefficient (Wildman–Crippen LogP) is 1.87. The molecule has 0 aliphatic heterocycles. The average molecular weight is 182 g/mol. The zero-order chi connectivity index (χ0) is 9.52. The Balaban J connectivity index is 2.27. The van der Waals surface area contributed by atoms with Gasteiger partial charge < -0.3 is 9.30 Å². The van der Waals surface area contributed by atoms with Gasteiger partial charge in [0.05, 0.1) is 6.61 Å². The summed E-state index contributed by atoms with van der Waals surface area (Å²) in [6.07, 6.45) is 5.93. The fourth-order valence-corrected chi connectivity index (χ4v) is 1.27. The van der Waals surface area contributed by atoms with Crippen molar-refractivity contribution >= 4 is 0 Å². The Kier molecular flexibility index (Phi) is 4.54. The Labute approximate surface area is 79.7 Å². The summed E-state index contributed by atoms with van der Waals surface area (Å²) < 4.78 is 7.56. The third-order valence-electron chi connectivity index (χ3n) is 1.94. The first-order valence-corrected chi connectivity index (χ1v) is 4.96. The van der Waals surface area contributed by atoms with Gasteiger partial charge in [-0.3, -0.25) is 0 Å². The summed E-state index contributed by atoms with van der Waals surface area (Å²) in [6.45, 7) is 6.80. The molecule has 3 heteroatoms. The molecule has 13 heavy (non-hydrogen) atoms. The van der Waals surface area contributed by atoms with Gasteiger partial charge in [-0.05, 0) is 6.42 Å². The van der Waals surface area contributed by atoms with Crippen LogP contribution in [0, 0.1) is 0 Å². The molecule has 74 valence electrons. The molecule has 0 aliphatic carbocycles. The van der Waals surface area contributed by atoms with E-state index >= 15 is 0 Å². The molecule has 0 spiro atoms. The number of hydrogen-bond donors (Lipinski definition) is 0. The number of aryl methyl sites for hydroxylation is 1. The van der Waals surface area contributed by atoms with Gasteiger partial charge in [0, 0.05) is 32.0 Å². The van der Waals surface area contributed by atoms with E-state index in [0.717, 1.165) is 38.4 Å². The number of rotatable bonds is 6. The Bertz CT molecular complexity index is 233. The second kappa shape index (κ2) is 5.75. The third-order valence-corrected chi connectivity index (χ3v) is 1.94. The molecule has 0 radical (unpaired) electrons. The molecular formula is C10H18N2O. The molecular weight excluding hydrogens is 164 g/mol. The zero-order valence-electron chi connectivity index (χ0n) is 8.49. The number of hydrogen-bond acceptors (Lipinski definition) is 2. The topological polar surface area (TPSA) is 27.1 Å². The maximum Gasteiger partial charge on any atom is 0.108 e. The molecule has 1 rings (SSSR count). The van der Waals surface area contributed by atoms with E-state index in [-0.39, 0.29) is 0 Å². The van der Waals surface area contributed by atoms with Crippen LogP contribution < -0.4 is 0 Å². The maximum atomic E-state index is 5.41. The van der Waals surface area contributed by atoms with Gasteiger partial charge in [-0.1, -0.05) is 13.8 Å². The lowest BCUT2D eigenvalue weighted by Gasteiger charge is -2.06. The second-order valence-corrected chi connectivity index (χ2v) is 3.00. The molecule has 0 aliphatic rings. The molecule has 0 atom stereocenters. The van der Waals surface area contributed by atoms with Crippen LogP contribution in [-0.2, 0) is 17.7 Å². The molecule has 0 saturated carbocycles. The lowest BCUT2D eigenvalue weighted by molar-refractivity contribution is 0.126. The van der Waals surface area contributed by atoms with Gasteiger partial charge in [0.1, 0.15) is 5.82 Å². The molecule has 0 unspecified atom stereocenters. The van der Waals surface area contributed by atoms with Crippen molar-refractivity contribution in [2.24, 2.45) is 0 Å². The minimum Gasteiger partial charge on any atom is -0.380 e. The monoisotopic (exact) mass is 182 g/mol. The van der Waals surface area contributed by atoms with Crippen LogP contribution in [0.1, 0.15) is 26.1 Å². The molecule has 0 N–H and O–H groups in total. The van der Waals surface area contributed by atoms with Gasteiger partial charge >= 0.3 is 0 Å². The summed E-state index contributed by atoms with van der Waals surface area (Å²) in [5.74, 6) is 1.14. The van der Waals surface area contributed by atoms with Crippen LogP contribution in [-0.4, -0.2) is 22.8 Å². The predicted molar refractivity (Wildman–Crippen MR) is 52.7 cm³/mol. The van der Waals surface area contributed by atoms with Crippen LogP contribution in [0.25, 0.3) is 0 Å². The van der Waals surface area contributed by atoms with Crippen LogP contribution in [0.4, 0.5) is 0 Å². The molecule has 0 fully saturated rings. The Hall–Kier alpha value is -0.830. The molecule has 3 nitrogen and oxygen atoms in total. The Morgan fingerprint density at radius 2 is 2.23 bits per heavy atom. The number of ether oxygens (including phenoxy) is 1. The number of nitrogens with zero attached hydrogens (tertiary/aromatic N) is 2. The summed E-state index contributed by atoms with van der Waals surface area (Å²) in [6, 6.07) is 0. The van der Waals surface area contributed by atoms with Gasteiger partial charge in [0.15, 0.2) is 0 Å². The minimum absolute atomic E-state index is 0.789. The lowest BCUT2D eigenvalue weighted by Crippen LogP contribution is -2.08. The van der Waals surface area contributed by atoms with Crippen molar-refractivity contribution < 1.29 is 4.74 Å². The second-order valence-electron chi connectivity index (χ2n) is 3.00. The van der Waals surface area contributed by atoms with E-state index in [1.807, 2.05) is 12.4 Å². The first-order chi connectivity index (χ1) is 6.38. The van der Waals surface area contributed by atoms with Crippen molar-refractivity contribution in [3.63, 3.8) is 0 Å². The van der Waals surface area contributed by atoms with E-state index < -0.39 is 0 Å². The maximum absolute atomic E-state index is 5.41. The van der Waals surface area contributed by atoms with E-state index in [2.05, 4.69) is 23.4 Å². The highest BCUT2D eigenvalue weighted by Gasteiger charge is 1.98. The number of aromatic nitrogens is 2. The average Bonchev–Trinajstić information content (AvgIpc) is 2.60. The summed E-state index contributed by atoms with van der Waals surface area (Å²) in [5.41, 5.74) is 0. The summed E-state index contributed by atoms with van der Waals surface area (Å²) in [7, 11) is 0. The minimum atomic E-state index is 0.789. The number of imidazole rings is 1. The summed E-state index contributed by atoms with van der Waals surface area (Å²) in [5, 5.41) is 0. The zero-order valence-corrected chi connectivity index (χ0v) is 8.49. The molecule has 0 bridgehead atoms. The molecule has 1 aromatic rings. The summed E-state index contributed by atoms with van der Waals surface area (Å²) >= 11 is 0. The molecule has 0 aromatic carbocycles. The van der Waals surface area contributed by atoms with E-state index in [9.17, 15) is 0 Å². The van der Waals surface area contributed by atoms with Gasteiger partial charge in [-0.25, -0.2) is 4.98 Å². The van der Waals surface area contributed by atoms with E-state index in [4.69, 9.17) is 4.74 Å². The smallest absolute Gasteiger partial charge is 0.108 e. The van der Waals surface area contributed by atoms with E-state index in [1.165, 1.54) is 0 Å². The quantitative estimate of drug-likeness (QED) is 0.628. The third kappa shape index (κ3) is 3.19.